The summed E-state index contributed by atoms with van der Waals surface area (Å²) in [5.74, 6) is -0.619. The van der Waals surface area contributed by atoms with Crippen LogP contribution in [0.25, 0.3) is 5.69 Å². The van der Waals surface area contributed by atoms with E-state index < -0.39 is 22.5 Å². The number of halogens is 2. The third kappa shape index (κ3) is 5.85. The molecule has 2 heterocycles. The highest BCUT2D eigenvalue weighted by Crippen LogP contribution is 2.28. The molecule has 0 radical (unpaired) electrons. The Labute approximate surface area is 225 Å². The molecular weight excluding hydrogens is 533 g/mol. The van der Waals surface area contributed by atoms with Gasteiger partial charge >= 0.3 is 0 Å². The van der Waals surface area contributed by atoms with Crippen LogP contribution in [0.1, 0.15) is 17.0 Å². The van der Waals surface area contributed by atoms with Gasteiger partial charge in [0.15, 0.2) is 0 Å². The van der Waals surface area contributed by atoms with E-state index in [2.05, 4.69) is 15.5 Å². The molecule has 0 atom stereocenters. The number of aromatic nitrogens is 2. The fourth-order valence-electron chi connectivity index (χ4n) is 3.82. The zero-order chi connectivity index (χ0) is 26.6. The Bertz CT molecular complexity index is 1560. The van der Waals surface area contributed by atoms with E-state index in [0.29, 0.717) is 10.0 Å². The lowest BCUT2D eigenvalue weighted by molar-refractivity contribution is -0.119. The van der Waals surface area contributed by atoms with Crippen molar-refractivity contribution in [2.24, 2.45) is 5.10 Å². The van der Waals surface area contributed by atoms with Crippen molar-refractivity contribution in [1.29, 1.82) is 0 Å². The molecule has 190 valence electrons. The van der Waals surface area contributed by atoms with Crippen molar-refractivity contribution in [2.75, 3.05) is 10.8 Å². The van der Waals surface area contributed by atoms with Crippen molar-refractivity contribution in [3.63, 3.8) is 0 Å². The van der Waals surface area contributed by atoms with Crippen molar-refractivity contribution < 1.29 is 13.2 Å². The second-order valence-corrected chi connectivity index (χ2v) is 10.8. The van der Waals surface area contributed by atoms with Crippen molar-refractivity contribution in [3.8, 4) is 5.69 Å². The maximum Gasteiger partial charge on any atom is 0.264 e. The molecule has 0 aliphatic rings. The number of carbonyl (C=O) groups is 1. The van der Waals surface area contributed by atoms with Gasteiger partial charge in [0, 0.05) is 28.2 Å². The molecule has 2 aromatic heterocycles. The Morgan fingerprint density at radius 2 is 1.84 bits per heavy atom. The number of sulfonamides is 1. The summed E-state index contributed by atoms with van der Waals surface area (Å²) in [6, 6.07) is 18.2. The fourth-order valence-corrected chi connectivity index (χ4v) is 5.62. The molecule has 0 unspecified atom stereocenters. The summed E-state index contributed by atoms with van der Waals surface area (Å²) in [6.45, 7) is 3.32. The number of nitrogens with zero attached hydrogens (tertiary/aromatic N) is 4. The van der Waals surface area contributed by atoms with Crippen molar-refractivity contribution in [2.45, 2.75) is 18.7 Å². The van der Waals surface area contributed by atoms with Crippen LogP contribution in [0.15, 0.2) is 89.1 Å². The maximum atomic E-state index is 13.3. The number of nitrogens with one attached hydrogen (secondary N) is 1. The lowest BCUT2D eigenvalue weighted by Crippen LogP contribution is -2.39. The highest BCUT2D eigenvalue weighted by Gasteiger charge is 2.27. The third-order valence-electron chi connectivity index (χ3n) is 5.56. The third-order valence-corrected chi connectivity index (χ3v) is 7.91. The van der Waals surface area contributed by atoms with Gasteiger partial charge in [-0.05, 0) is 62.4 Å². The SMILES string of the molecule is Cc1cc(/C=N\NC(=O)CN(c2cccnc2)S(=O)(=O)c2ccccc2)c(C)n1-c1cc(Cl)ccc1Cl. The van der Waals surface area contributed by atoms with Crippen LogP contribution in [0.3, 0.4) is 0 Å². The minimum atomic E-state index is -4.02. The van der Waals surface area contributed by atoms with Gasteiger partial charge in [-0.1, -0.05) is 41.4 Å². The zero-order valence-electron chi connectivity index (χ0n) is 20.0. The van der Waals surface area contributed by atoms with Gasteiger partial charge in [0.25, 0.3) is 15.9 Å². The summed E-state index contributed by atoms with van der Waals surface area (Å²) in [5.41, 5.74) is 5.88. The number of aryl methyl sites for hydroxylation is 1. The Morgan fingerprint density at radius 1 is 1.08 bits per heavy atom. The van der Waals surface area contributed by atoms with E-state index >= 15 is 0 Å². The molecule has 2 aromatic carbocycles. The predicted molar refractivity (Wildman–Crippen MR) is 146 cm³/mol. The molecule has 11 heteroatoms. The number of pyridine rings is 1. The lowest BCUT2D eigenvalue weighted by atomic mass is 10.2. The first-order valence-electron chi connectivity index (χ1n) is 11.1. The molecule has 0 fully saturated rings. The number of amides is 1. The molecular formula is C26H23Cl2N5O3S. The van der Waals surface area contributed by atoms with Gasteiger partial charge in [0.05, 0.1) is 33.7 Å². The molecule has 1 N–H and O–H groups in total. The summed E-state index contributed by atoms with van der Waals surface area (Å²) >= 11 is 12.5. The highest BCUT2D eigenvalue weighted by molar-refractivity contribution is 7.92. The van der Waals surface area contributed by atoms with Crippen LogP contribution in [-0.2, 0) is 14.8 Å². The van der Waals surface area contributed by atoms with Crippen LogP contribution in [0.2, 0.25) is 10.0 Å². The van der Waals surface area contributed by atoms with Crippen LogP contribution in [-0.4, -0.2) is 36.6 Å². The normalized spacial score (nSPS) is 11.6. The highest BCUT2D eigenvalue weighted by atomic mass is 35.5. The first-order valence-corrected chi connectivity index (χ1v) is 13.3. The van der Waals surface area contributed by atoms with Gasteiger partial charge < -0.3 is 4.57 Å². The Morgan fingerprint density at radius 3 is 2.54 bits per heavy atom. The van der Waals surface area contributed by atoms with Gasteiger partial charge in [-0.25, -0.2) is 13.8 Å². The van der Waals surface area contributed by atoms with E-state index in [1.165, 1.54) is 30.7 Å². The largest absolute Gasteiger partial charge is 0.316 e. The summed E-state index contributed by atoms with van der Waals surface area (Å²) < 4.78 is 29.5. The molecule has 0 spiro atoms. The molecule has 0 saturated heterocycles. The first-order chi connectivity index (χ1) is 17.7. The molecule has 0 bridgehead atoms. The van der Waals surface area contributed by atoms with Crippen molar-refractivity contribution in [3.05, 3.63) is 106 Å². The second kappa shape index (κ2) is 11.2. The Balaban J connectivity index is 1.54. The molecule has 0 saturated carbocycles. The summed E-state index contributed by atoms with van der Waals surface area (Å²) in [5, 5.41) is 5.15. The van der Waals surface area contributed by atoms with Crippen LogP contribution in [0, 0.1) is 13.8 Å². The molecule has 0 aliphatic carbocycles. The molecule has 0 aliphatic heterocycles. The lowest BCUT2D eigenvalue weighted by Gasteiger charge is -2.23. The smallest absolute Gasteiger partial charge is 0.264 e. The number of benzene rings is 2. The summed E-state index contributed by atoms with van der Waals surface area (Å²) in [7, 11) is -4.02. The van der Waals surface area contributed by atoms with E-state index in [9.17, 15) is 13.2 Å². The number of hydrogen-bond donors (Lipinski definition) is 1. The van der Waals surface area contributed by atoms with Crippen LogP contribution in [0.5, 0.6) is 0 Å². The zero-order valence-corrected chi connectivity index (χ0v) is 22.3. The van der Waals surface area contributed by atoms with Crippen LogP contribution < -0.4 is 9.73 Å². The maximum absolute atomic E-state index is 13.3. The number of hydrogen-bond acceptors (Lipinski definition) is 5. The minimum absolute atomic E-state index is 0.0577. The summed E-state index contributed by atoms with van der Waals surface area (Å²) in [6.07, 6.45) is 4.40. The van der Waals surface area contributed by atoms with Gasteiger partial charge in [-0.3, -0.25) is 14.1 Å². The monoisotopic (exact) mass is 555 g/mol. The Kier molecular flexibility index (Phi) is 7.97. The molecule has 4 aromatic rings. The molecule has 8 nitrogen and oxygen atoms in total. The van der Waals surface area contributed by atoms with Gasteiger partial charge in [-0.2, -0.15) is 5.10 Å². The van der Waals surface area contributed by atoms with Crippen molar-refractivity contribution >= 4 is 51.0 Å². The minimum Gasteiger partial charge on any atom is -0.316 e. The number of rotatable bonds is 8. The van der Waals surface area contributed by atoms with Gasteiger partial charge in [0.1, 0.15) is 6.54 Å². The summed E-state index contributed by atoms with van der Waals surface area (Å²) in [4.78, 5) is 16.8. The van der Waals surface area contributed by atoms with Gasteiger partial charge in [-0.15, -0.1) is 0 Å². The predicted octanol–water partition coefficient (Wildman–Crippen LogP) is 5.14. The van der Waals surface area contributed by atoms with E-state index in [1.807, 2.05) is 24.5 Å². The standard InChI is InChI=1S/C26H23Cl2N5O3S/c1-18-13-20(19(2)33(18)25-14-21(27)10-11-24(25)28)15-30-31-26(34)17-32(22-7-6-12-29-16-22)37(35,36)23-8-4-3-5-9-23/h3-16H,17H2,1-2H3,(H,31,34)/b30-15-. The van der Waals surface area contributed by atoms with Crippen molar-refractivity contribution in [1.82, 2.24) is 15.0 Å². The average molecular weight is 556 g/mol. The average Bonchev–Trinajstić information content (AvgIpc) is 3.17. The molecule has 4 rings (SSSR count). The fraction of sp³-hybridized carbons (Fsp3) is 0.115. The Hall–Kier alpha value is -3.66. The van der Waals surface area contributed by atoms with E-state index in [-0.39, 0.29) is 10.6 Å². The van der Waals surface area contributed by atoms with Crippen LogP contribution >= 0.6 is 23.2 Å². The number of carbonyl (C=O) groups excluding carboxylic acids is 1. The quantitative estimate of drug-likeness (QED) is 0.240. The topological polar surface area (TPSA) is 96.7 Å². The number of anilines is 1. The first kappa shape index (κ1) is 26.4. The van der Waals surface area contributed by atoms with Crippen LogP contribution in [0.4, 0.5) is 5.69 Å². The number of hydrazone groups is 1. The molecule has 1 amide bonds. The second-order valence-electron chi connectivity index (χ2n) is 8.09. The van der Waals surface area contributed by atoms with E-state index in [0.717, 1.165) is 26.9 Å². The van der Waals surface area contributed by atoms with E-state index in [4.69, 9.17) is 23.2 Å². The van der Waals surface area contributed by atoms with Gasteiger partial charge in [0.2, 0.25) is 0 Å². The molecule has 37 heavy (non-hydrogen) atoms. The van der Waals surface area contributed by atoms with E-state index in [1.54, 1.807) is 48.5 Å².